The molecule has 1 spiro atoms. The predicted octanol–water partition coefficient (Wildman–Crippen LogP) is 6.20. The number of carbonyl (C=O) groups is 3. The lowest BCUT2D eigenvalue weighted by molar-refractivity contribution is -0.139. The molecule has 4 heterocycles. The van der Waals surface area contributed by atoms with Crippen LogP contribution in [0.5, 0.6) is 0 Å². The second-order valence-corrected chi connectivity index (χ2v) is 13.7. The molecule has 45 heavy (non-hydrogen) atoms. The second kappa shape index (κ2) is 11.6. The molecule has 4 aromatic rings. The number of anilines is 2. The van der Waals surface area contributed by atoms with E-state index in [1.54, 1.807) is 12.4 Å². The molecule has 2 aromatic heterocycles. The van der Waals surface area contributed by atoms with Gasteiger partial charge < -0.3 is 15.5 Å². The van der Waals surface area contributed by atoms with Crippen molar-refractivity contribution in [1.82, 2.24) is 20.1 Å². The zero-order valence-corrected chi connectivity index (χ0v) is 27.1. The van der Waals surface area contributed by atoms with Gasteiger partial charge in [0.05, 0.1) is 28.1 Å². The van der Waals surface area contributed by atoms with Gasteiger partial charge in [-0.15, -0.1) is 0 Å². The Bertz CT molecular complexity index is 1830. The summed E-state index contributed by atoms with van der Waals surface area (Å²) in [5.74, 6) is -0.215. The molecule has 0 fully saturated rings. The van der Waals surface area contributed by atoms with Crippen LogP contribution in [0.25, 0.3) is 10.9 Å². The maximum absolute atomic E-state index is 13.9. The Morgan fingerprint density at radius 1 is 1.11 bits per heavy atom. The molecule has 1 aliphatic carbocycles. The number of hydrogen-bond acceptors (Lipinski definition) is 5. The molecule has 2 aliphatic heterocycles. The lowest BCUT2D eigenvalue weighted by Crippen LogP contribution is -2.40. The highest BCUT2D eigenvalue weighted by Crippen LogP contribution is 2.47. The second-order valence-electron chi connectivity index (χ2n) is 13.3. The van der Waals surface area contributed by atoms with Crippen molar-refractivity contribution in [1.29, 1.82) is 0 Å². The van der Waals surface area contributed by atoms with Gasteiger partial charge in [-0.2, -0.15) is 5.10 Å². The van der Waals surface area contributed by atoms with Gasteiger partial charge in [0, 0.05) is 42.3 Å². The zero-order valence-electron chi connectivity index (χ0n) is 26.4. The summed E-state index contributed by atoms with van der Waals surface area (Å²) >= 11 is 6.58. The van der Waals surface area contributed by atoms with Crippen molar-refractivity contribution in [2.45, 2.75) is 72.3 Å². The fourth-order valence-electron chi connectivity index (χ4n) is 7.08. The third-order valence-corrected chi connectivity index (χ3v) is 9.23. The third-order valence-electron chi connectivity index (χ3n) is 8.93. The SMILES string of the molecule is CC.CC(C)(C)CN1Cc2c(cc(Cl)c3[nH]ncc23)CC(CC(=O)Nc2ccc3c(c2)CC2(C3)C(=O)Nc3ncccc32)C1=O. The van der Waals surface area contributed by atoms with Crippen LogP contribution in [-0.2, 0) is 45.6 Å². The van der Waals surface area contributed by atoms with Crippen LogP contribution < -0.4 is 10.6 Å². The number of halogens is 1. The summed E-state index contributed by atoms with van der Waals surface area (Å²) < 4.78 is 0. The minimum atomic E-state index is -0.674. The van der Waals surface area contributed by atoms with Crippen molar-refractivity contribution in [3.8, 4) is 0 Å². The van der Waals surface area contributed by atoms with Crippen LogP contribution in [0.1, 0.15) is 68.9 Å². The summed E-state index contributed by atoms with van der Waals surface area (Å²) in [6.45, 7) is 11.3. The lowest BCUT2D eigenvalue weighted by atomic mass is 9.79. The zero-order chi connectivity index (χ0) is 32.1. The Morgan fingerprint density at radius 3 is 2.67 bits per heavy atom. The van der Waals surface area contributed by atoms with Crippen LogP contribution in [0, 0.1) is 11.3 Å². The first kappa shape index (κ1) is 30.8. The van der Waals surface area contributed by atoms with E-state index in [2.05, 4.69) is 46.6 Å². The number of nitrogens with zero attached hydrogens (tertiary/aromatic N) is 3. The van der Waals surface area contributed by atoms with E-state index in [-0.39, 0.29) is 29.6 Å². The van der Waals surface area contributed by atoms with E-state index < -0.39 is 11.3 Å². The fourth-order valence-corrected chi connectivity index (χ4v) is 7.35. The predicted molar refractivity (Wildman–Crippen MR) is 176 cm³/mol. The van der Waals surface area contributed by atoms with Gasteiger partial charge in [-0.3, -0.25) is 19.5 Å². The molecular formula is C35H39ClN6O3. The third kappa shape index (κ3) is 5.58. The Balaban J connectivity index is 0.00000175. The van der Waals surface area contributed by atoms with E-state index >= 15 is 0 Å². The Morgan fingerprint density at radius 2 is 1.89 bits per heavy atom. The molecule has 2 unspecified atom stereocenters. The molecular weight excluding hydrogens is 588 g/mol. The smallest absolute Gasteiger partial charge is 0.237 e. The number of nitrogens with one attached hydrogen (secondary N) is 3. The standard InChI is InChI=1S/C33H33ClN6O3.C2H6/c1-32(2,3)17-40-16-24-19(11-26(34)28-23(24)15-36-39-28)9-20(30(40)42)12-27(41)37-22-7-6-18-13-33(14-21(18)10-22)25-5-4-8-35-29(25)38-31(33)43;1-2/h4-8,10-11,15,20H,9,12-14,16-17H2,1-3H3,(H,36,39)(H,37,41)(H,35,38,43);1-2H3. The average Bonchev–Trinajstić information content (AvgIpc) is 3.69. The molecule has 3 amide bonds. The summed E-state index contributed by atoms with van der Waals surface area (Å²) in [5, 5.41) is 14.6. The molecule has 2 aromatic carbocycles. The molecule has 0 saturated heterocycles. The van der Waals surface area contributed by atoms with Crippen LogP contribution in [0.15, 0.2) is 48.8 Å². The van der Waals surface area contributed by atoms with Gasteiger partial charge in [0.25, 0.3) is 0 Å². The van der Waals surface area contributed by atoms with Gasteiger partial charge in [-0.1, -0.05) is 58.4 Å². The highest BCUT2D eigenvalue weighted by Gasteiger charge is 2.51. The molecule has 0 bridgehead atoms. The van der Waals surface area contributed by atoms with E-state index in [0.29, 0.717) is 48.9 Å². The Kier molecular flexibility index (Phi) is 7.93. The number of fused-ring (bicyclic) bond motifs is 6. The summed E-state index contributed by atoms with van der Waals surface area (Å²) in [7, 11) is 0. The number of pyridine rings is 1. The van der Waals surface area contributed by atoms with Crippen LogP contribution in [0.3, 0.4) is 0 Å². The van der Waals surface area contributed by atoms with Gasteiger partial charge in [-0.05, 0) is 71.2 Å². The van der Waals surface area contributed by atoms with E-state index in [9.17, 15) is 14.4 Å². The molecule has 234 valence electrons. The molecule has 9 nitrogen and oxygen atoms in total. The topological polar surface area (TPSA) is 120 Å². The number of aromatic nitrogens is 3. The Hall–Kier alpha value is -4.24. The van der Waals surface area contributed by atoms with Gasteiger partial charge in [0.15, 0.2) is 0 Å². The molecule has 10 heteroatoms. The average molecular weight is 627 g/mol. The van der Waals surface area contributed by atoms with Gasteiger partial charge in [-0.25, -0.2) is 4.98 Å². The molecule has 0 radical (unpaired) electrons. The Labute approximate surface area is 268 Å². The summed E-state index contributed by atoms with van der Waals surface area (Å²) in [6, 6.07) is 11.5. The monoisotopic (exact) mass is 626 g/mol. The molecule has 2 atom stereocenters. The first-order valence-corrected chi connectivity index (χ1v) is 16.0. The van der Waals surface area contributed by atoms with Crippen LogP contribution in [-0.4, -0.2) is 44.3 Å². The molecule has 0 saturated carbocycles. The van der Waals surface area contributed by atoms with E-state index in [1.165, 1.54) is 0 Å². The largest absolute Gasteiger partial charge is 0.338 e. The van der Waals surface area contributed by atoms with Crippen molar-refractivity contribution in [3.05, 3.63) is 81.6 Å². The van der Waals surface area contributed by atoms with Crippen molar-refractivity contribution >= 4 is 51.7 Å². The number of benzene rings is 2. The lowest BCUT2D eigenvalue weighted by Gasteiger charge is -2.31. The van der Waals surface area contributed by atoms with Crippen molar-refractivity contribution in [3.63, 3.8) is 0 Å². The minimum Gasteiger partial charge on any atom is -0.338 e. The van der Waals surface area contributed by atoms with Crippen molar-refractivity contribution in [2.24, 2.45) is 11.3 Å². The number of H-pyrrole nitrogens is 1. The first-order valence-electron chi connectivity index (χ1n) is 15.6. The quantitative estimate of drug-likeness (QED) is 0.249. The van der Waals surface area contributed by atoms with Gasteiger partial charge >= 0.3 is 0 Å². The summed E-state index contributed by atoms with van der Waals surface area (Å²) in [5.41, 5.74) is 5.63. The number of aromatic amines is 1. The summed E-state index contributed by atoms with van der Waals surface area (Å²) in [6.07, 6.45) is 5.03. The number of rotatable bonds is 4. The van der Waals surface area contributed by atoms with Crippen LogP contribution in [0.2, 0.25) is 5.02 Å². The normalized spacial score (nSPS) is 20.2. The molecule has 3 aliphatic rings. The van der Waals surface area contributed by atoms with E-state index in [1.807, 2.05) is 55.1 Å². The highest BCUT2D eigenvalue weighted by atomic mass is 35.5. The maximum atomic E-state index is 13.9. The molecule has 3 N–H and O–H groups in total. The van der Waals surface area contributed by atoms with Crippen LogP contribution >= 0.6 is 11.6 Å². The number of carbonyl (C=O) groups excluding carboxylic acids is 3. The van der Waals surface area contributed by atoms with E-state index in [4.69, 9.17) is 11.6 Å². The van der Waals surface area contributed by atoms with Gasteiger partial charge in [0.2, 0.25) is 17.7 Å². The highest BCUT2D eigenvalue weighted by molar-refractivity contribution is 6.35. The summed E-state index contributed by atoms with van der Waals surface area (Å²) in [4.78, 5) is 46.7. The van der Waals surface area contributed by atoms with E-state index in [0.717, 1.165) is 38.7 Å². The van der Waals surface area contributed by atoms with Crippen molar-refractivity contribution in [2.75, 3.05) is 17.2 Å². The number of hydrogen-bond donors (Lipinski definition) is 3. The molecule has 7 rings (SSSR count). The van der Waals surface area contributed by atoms with Crippen molar-refractivity contribution < 1.29 is 14.4 Å². The fraction of sp³-hybridized carbons (Fsp3) is 0.400. The number of amides is 3. The van der Waals surface area contributed by atoms with Gasteiger partial charge in [0.1, 0.15) is 5.82 Å². The maximum Gasteiger partial charge on any atom is 0.237 e. The first-order chi connectivity index (χ1) is 21.5. The minimum absolute atomic E-state index is 0.0375. The van der Waals surface area contributed by atoms with Crippen LogP contribution in [0.4, 0.5) is 11.5 Å².